The van der Waals surface area contributed by atoms with Gasteiger partial charge in [-0.1, -0.05) is 100 Å². The Bertz CT molecular complexity index is 916. The van der Waals surface area contributed by atoms with Crippen LogP contribution in [0.1, 0.15) is 33.3 Å². The van der Waals surface area contributed by atoms with Gasteiger partial charge in [0.1, 0.15) is 5.84 Å². The van der Waals surface area contributed by atoms with Gasteiger partial charge in [0, 0.05) is 15.4 Å². The van der Waals surface area contributed by atoms with E-state index in [2.05, 4.69) is 106 Å². The lowest BCUT2D eigenvalue weighted by Gasteiger charge is -2.28. The number of nitrogens with zero attached hydrogens (tertiary/aromatic N) is 1. The summed E-state index contributed by atoms with van der Waals surface area (Å²) in [6, 6.07) is 29.3. The number of amidine groups is 1. The monoisotopic (exact) mass is 420 g/mol. The van der Waals surface area contributed by atoms with Crippen LogP contribution in [0.25, 0.3) is 0 Å². The molecule has 0 aliphatic carbocycles. The molecule has 0 aliphatic rings. The molecule has 0 unspecified atom stereocenters. The zero-order valence-electron chi connectivity index (χ0n) is 17.5. The Balaban J connectivity index is 2.00. The second-order valence-corrected chi connectivity index (χ2v) is 11.6. The van der Waals surface area contributed by atoms with Crippen molar-refractivity contribution in [2.24, 2.45) is 4.99 Å². The van der Waals surface area contributed by atoms with Gasteiger partial charge < -0.3 is 5.09 Å². The van der Waals surface area contributed by atoms with E-state index in [-0.39, 0.29) is 8.07 Å². The quantitative estimate of drug-likeness (QED) is 0.240. The molecule has 0 atom stereocenters. The highest BCUT2D eigenvalue weighted by Crippen LogP contribution is 2.42. The van der Waals surface area contributed by atoms with Crippen molar-refractivity contribution in [3.63, 3.8) is 0 Å². The van der Waals surface area contributed by atoms with Gasteiger partial charge in [0.15, 0.2) is 0 Å². The molecule has 0 heterocycles. The molecular weight excluding hydrogens is 391 g/mol. The molecule has 3 aromatic rings. The van der Waals surface area contributed by atoms with Crippen LogP contribution in [0.4, 0.5) is 5.69 Å². The summed E-state index contributed by atoms with van der Waals surface area (Å²) >= 11 is 1.75. The number of hydrogen-bond donors (Lipinski definition) is 1. The molecule has 0 bridgehead atoms. The van der Waals surface area contributed by atoms with Crippen molar-refractivity contribution in [1.29, 1.82) is 0 Å². The lowest BCUT2D eigenvalue weighted by molar-refractivity contribution is 0.990. The molecule has 0 saturated carbocycles. The van der Waals surface area contributed by atoms with Crippen LogP contribution in [-0.4, -0.2) is 17.2 Å². The van der Waals surface area contributed by atoms with Gasteiger partial charge in [-0.3, -0.25) is 0 Å². The van der Waals surface area contributed by atoms with E-state index in [0.717, 1.165) is 22.0 Å². The summed E-state index contributed by atoms with van der Waals surface area (Å²) in [6.45, 7) is 9.17. The number of para-hydroxylation sites is 1. The summed E-state index contributed by atoms with van der Waals surface area (Å²) in [5, 5.41) is 3.81. The minimum absolute atomic E-state index is 0.383. The highest BCUT2D eigenvalue weighted by atomic mass is 32.2. The summed E-state index contributed by atoms with van der Waals surface area (Å²) in [6.07, 6.45) is 0. The molecule has 2 nitrogen and oxygen atoms in total. The SMILES string of the molecule is CC(C)P(N/C(=N/c1ccccc1Sc1ccccc1)c1ccccc1)C(C)C. The summed E-state index contributed by atoms with van der Waals surface area (Å²) in [5.74, 6) is 0.959. The van der Waals surface area contributed by atoms with Crippen LogP contribution >= 0.6 is 19.8 Å². The molecule has 0 aromatic heterocycles. The topological polar surface area (TPSA) is 24.4 Å². The molecule has 4 heteroatoms. The summed E-state index contributed by atoms with van der Waals surface area (Å²) in [4.78, 5) is 7.51. The van der Waals surface area contributed by atoms with Crippen LogP contribution in [0.5, 0.6) is 0 Å². The first-order valence-electron chi connectivity index (χ1n) is 10.1. The molecule has 3 rings (SSSR count). The first-order valence-corrected chi connectivity index (χ1v) is 12.4. The second kappa shape index (κ2) is 10.6. The standard InChI is InChI=1S/C25H29N2PS/c1-19(2)28(20(3)4)27-25(21-13-7-5-8-14-21)26-23-17-11-12-18-24(23)29-22-15-9-6-10-16-22/h5-20H,1-4H3,(H,26,27). The molecule has 0 amide bonds. The maximum absolute atomic E-state index is 5.13. The van der Waals surface area contributed by atoms with E-state index in [0.29, 0.717) is 11.3 Å². The molecule has 150 valence electrons. The number of benzene rings is 3. The molecule has 0 aliphatic heterocycles. The van der Waals surface area contributed by atoms with Gasteiger partial charge in [-0.15, -0.1) is 0 Å². The smallest absolute Gasteiger partial charge is 0.137 e. The van der Waals surface area contributed by atoms with Gasteiger partial charge >= 0.3 is 0 Å². The maximum atomic E-state index is 5.13. The number of rotatable bonds is 7. The lowest BCUT2D eigenvalue weighted by Crippen LogP contribution is -2.26. The van der Waals surface area contributed by atoms with Crippen LogP contribution in [-0.2, 0) is 0 Å². The molecular formula is C25H29N2PS. The third-order valence-electron chi connectivity index (χ3n) is 4.46. The van der Waals surface area contributed by atoms with E-state index in [1.165, 1.54) is 4.90 Å². The Hall–Kier alpha value is -2.09. The minimum Gasteiger partial charge on any atom is -0.348 e. The van der Waals surface area contributed by atoms with Crippen LogP contribution in [0.15, 0.2) is 99.7 Å². The predicted octanol–water partition coefficient (Wildman–Crippen LogP) is 7.72. The first kappa shape index (κ1) is 21.6. The Morgan fingerprint density at radius 3 is 1.93 bits per heavy atom. The van der Waals surface area contributed by atoms with E-state index < -0.39 is 0 Å². The number of hydrogen-bond acceptors (Lipinski definition) is 2. The predicted molar refractivity (Wildman–Crippen MR) is 130 cm³/mol. The van der Waals surface area contributed by atoms with E-state index >= 15 is 0 Å². The molecule has 0 fully saturated rings. The van der Waals surface area contributed by atoms with Gasteiger partial charge in [0.05, 0.1) is 5.69 Å². The fourth-order valence-corrected chi connectivity index (χ4v) is 6.14. The van der Waals surface area contributed by atoms with Gasteiger partial charge in [0.2, 0.25) is 0 Å². The second-order valence-electron chi connectivity index (χ2n) is 7.42. The largest absolute Gasteiger partial charge is 0.348 e. The van der Waals surface area contributed by atoms with Crippen LogP contribution in [0.2, 0.25) is 0 Å². The van der Waals surface area contributed by atoms with Crippen molar-refractivity contribution in [2.45, 2.75) is 48.8 Å². The van der Waals surface area contributed by atoms with Gasteiger partial charge in [-0.25, -0.2) is 4.99 Å². The van der Waals surface area contributed by atoms with Crippen LogP contribution in [0.3, 0.4) is 0 Å². The molecule has 29 heavy (non-hydrogen) atoms. The fourth-order valence-electron chi connectivity index (χ4n) is 3.10. The van der Waals surface area contributed by atoms with Gasteiger partial charge in [0.25, 0.3) is 0 Å². The van der Waals surface area contributed by atoms with Crippen molar-refractivity contribution < 1.29 is 0 Å². The van der Waals surface area contributed by atoms with E-state index in [4.69, 9.17) is 4.99 Å². The summed E-state index contributed by atoms with van der Waals surface area (Å²) in [7, 11) is -0.383. The Labute approximate surface area is 180 Å². The van der Waals surface area contributed by atoms with Crippen molar-refractivity contribution in [3.05, 3.63) is 90.5 Å². The molecule has 3 aromatic carbocycles. The highest BCUT2D eigenvalue weighted by molar-refractivity contribution is 7.99. The van der Waals surface area contributed by atoms with Crippen LogP contribution < -0.4 is 5.09 Å². The average molecular weight is 421 g/mol. The van der Waals surface area contributed by atoms with E-state index in [1.54, 1.807) is 11.8 Å². The molecule has 0 saturated heterocycles. The van der Waals surface area contributed by atoms with Gasteiger partial charge in [-0.2, -0.15) is 0 Å². The zero-order chi connectivity index (χ0) is 20.6. The molecule has 0 radical (unpaired) electrons. The Morgan fingerprint density at radius 2 is 1.31 bits per heavy atom. The maximum Gasteiger partial charge on any atom is 0.137 e. The van der Waals surface area contributed by atoms with Crippen molar-refractivity contribution in [3.8, 4) is 0 Å². The van der Waals surface area contributed by atoms with Gasteiger partial charge in [-0.05, 0) is 43.7 Å². The first-order chi connectivity index (χ1) is 14.0. The Morgan fingerprint density at radius 1 is 0.759 bits per heavy atom. The summed E-state index contributed by atoms with van der Waals surface area (Å²) in [5.41, 5.74) is 3.27. The molecule has 1 N–H and O–H groups in total. The van der Waals surface area contributed by atoms with Crippen molar-refractivity contribution in [2.75, 3.05) is 0 Å². The third-order valence-corrected chi connectivity index (χ3v) is 8.23. The van der Waals surface area contributed by atoms with Crippen molar-refractivity contribution >= 4 is 31.4 Å². The highest BCUT2D eigenvalue weighted by Gasteiger charge is 2.19. The zero-order valence-corrected chi connectivity index (χ0v) is 19.3. The molecule has 0 spiro atoms. The fraction of sp³-hybridized carbons (Fsp3) is 0.240. The lowest BCUT2D eigenvalue weighted by atomic mass is 10.2. The van der Waals surface area contributed by atoms with Crippen molar-refractivity contribution in [1.82, 2.24) is 5.09 Å². The van der Waals surface area contributed by atoms with Crippen LogP contribution in [0, 0.1) is 0 Å². The number of aliphatic imine (C=N–C) groups is 1. The van der Waals surface area contributed by atoms with E-state index in [9.17, 15) is 0 Å². The summed E-state index contributed by atoms with van der Waals surface area (Å²) < 4.78 is 0. The Kier molecular flexibility index (Phi) is 7.91. The minimum atomic E-state index is -0.383. The third kappa shape index (κ3) is 6.19. The average Bonchev–Trinajstić information content (AvgIpc) is 2.73. The normalized spacial score (nSPS) is 12.0. The van der Waals surface area contributed by atoms with E-state index in [1.807, 2.05) is 12.1 Å². The number of nitrogens with one attached hydrogen (secondary N) is 1.